The fourth-order valence-corrected chi connectivity index (χ4v) is 1.69. The first-order valence-electron chi connectivity index (χ1n) is 6.53. The van der Waals surface area contributed by atoms with Crippen LogP contribution >= 0.6 is 0 Å². The molecule has 1 saturated heterocycles. The third-order valence-electron chi connectivity index (χ3n) is 2.76. The molecule has 1 aliphatic heterocycles. The van der Waals surface area contributed by atoms with Gasteiger partial charge >= 0.3 is 11.9 Å². The van der Waals surface area contributed by atoms with Gasteiger partial charge in [0.1, 0.15) is 13.2 Å². The summed E-state index contributed by atoms with van der Waals surface area (Å²) in [6.07, 6.45) is 6.61. The molecule has 0 aromatic rings. The van der Waals surface area contributed by atoms with E-state index >= 15 is 0 Å². The van der Waals surface area contributed by atoms with E-state index in [-0.39, 0.29) is 12.2 Å². The van der Waals surface area contributed by atoms with E-state index in [0.717, 1.165) is 12.8 Å². The third kappa shape index (κ3) is 7.36. The number of esters is 2. The Bertz CT molecular complexity index is 353. The second kappa shape index (κ2) is 9.82. The average molecular weight is 300 g/mol. The smallest absolute Gasteiger partial charge is 0.333 e. The Labute approximate surface area is 123 Å². The van der Waals surface area contributed by atoms with Crippen LogP contribution in [0.25, 0.3) is 0 Å². The molecule has 7 nitrogen and oxygen atoms in total. The van der Waals surface area contributed by atoms with Crippen molar-refractivity contribution in [2.24, 2.45) is 0 Å². The molecule has 2 atom stereocenters. The predicted molar refractivity (Wildman–Crippen MR) is 72.1 cm³/mol. The van der Waals surface area contributed by atoms with E-state index in [4.69, 9.17) is 14.2 Å². The Morgan fingerprint density at radius 1 is 0.952 bits per heavy atom. The molecule has 0 aromatic carbocycles. The molecule has 0 saturated carbocycles. The molecule has 1 heterocycles. The van der Waals surface area contributed by atoms with Gasteiger partial charge in [-0.3, -0.25) is 0 Å². The third-order valence-corrected chi connectivity index (χ3v) is 2.76. The zero-order valence-electron chi connectivity index (χ0n) is 12.2. The molecule has 118 valence electrons. The normalized spacial score (nSPS) is 21.6. The van der Waals surface area contributed by atoms with Gasteiger partial charge in [0.2, 0.25) is 0 Å². The topological polar surface area (TPSA) is 80.3 Å². The number of hydrogen-bond donors (Lipinski definition) is 0. The van der Waals surface area contributed by atoms with Gasteiger partial charge in [0, 0.05) is 0 Å². The van der Waals surface area contributed by atoms with Crippen LogP contribution in [0.1, 0.15) is 12.8 Å². The van der Waals surface area contributed by atoms with Crippen LogP contribution in [0.4, 0.5) is 0 Å². The number of ether oxygens (including phenoxy) is 5. The lowest BCUT2D eigenvalue weighted by molar-refractivity contribution is -0.135. The molecule has 0 radical (unpaired) electrons. The van der Waals surface area contributed by atoms with E-state index in [1.807, 2.05) is 0 Å². The molecule has 0 bridgehead atoms. The summed E-state index contributed by atoms with van der Waals surface area (Å²) in [5, 5.41) is 0. The monoisotopic (exact) mass is 300 g/mol. The van der Waals surface area contributed by atoms with Crippen molar-refractivity contribution in [3.8, 4) is 0 Å². The summed E-state index contributed by atoms with van der Waals surface area (Å²) in [4.78, 5) is 21.6. The van der Waals surface area contributed by atoms with Crippen LogP contribution in [0.3, 0.4) is 0 Å². The van der Waals surface area contributed by atoms with E-state index in [1.54, 1.807) is 0 Å². The predicted octanol–water partition coefficient (Wildman–Crippen LogP) is 0.941. The first-order chi connectivity index (χ1) is 10.2. The maximum atomic E-state index is 10.8. The Morgan fingerprint density at radius 3 is 1.76 bits per heavy atom. The quantitative estimate of drug-likeness (QED) is 0.375. The lowest BCUT2D eigenvalue weighted by Gasteiger charge is -2.12. The summed E-state index contributed by atoms with van der Waals surface area (Å²) >= 11 is 0. The number of hydrogen-bond acceptors (Lipinski definition) is 7. The van der Waals surface area contributed by atoms with Crippen LogP contribution in [0.15, 0.2) is 24.7 Å². The zero-order chi connectivity index (χ0) is 15.5. The standard InChI is InChI=1S/C14H20O7/c1-17-13(15)5-7-19-9-11-3-4-12(21-11)10-20-8-6-14(16)18-2/h5-8,11-12H,3-4,9-10H2,1-2H3/b7-5+,8-6+/t11-,12+. The maximum Gasteiger partial charge on any atom is 0.333 e. The van der Waals surface area contributed by atoms with Gasteiger partial charge in [-0.05, 0) is 12.8 Å². The summed E-state index contributed by atoms with van der Waals surface area (Å²) in [5.74, 6) is -0.933. The molecule has 0 unspecified atom stereocenters. The van der Waals surface area contributed by atoms with Gasteiger partial charge < -0.3 is 23.7 Å². The number of carbonyl (C=O) groups is 2. The van der Waals surface area contributed by atoms with Crippen LogP contribution in [0.2, 0.25) is 0 Å². The summed E-state index contributed by atoms with van der Waals surface area (Å²) in [5.41, 5.74) is 0. The molecular weight excluding hydrogens is 280 g/mol. The molecule has 1 fully saturated rings. The largest absolute Gasteiger partial charge is 0.498 e. The van der Waals surface area contributed by atoms with Gasteiger partial charge in [0.15, 0.2) is 0 Å². The zero-order valence-corrected chi connectivity index (χ0v) is 12.2. The Hall–Kier alpha value is -2.02. The highest BCUT2D eigenvalue weighted by atomic mass is 16.6. The van der Waals surface area contributed by atoms with E-state index < -0.39 is 11.9 Å². The minimum Gasteiger partial charge on any atom is -0.498 e. The molecular formula is C14H20O7. The van der Waals surface area contributed by atoms with Crippen molar-refractivity contribution >= 4 is 11.9 Å². The van der Waals surface area contributed by atoms with Crippen molar-refractivity contribution < 1.29 is 33.3 Å². The van der Waals surface area contributed by atoms with Gasteiger partial charge in [-0.15, -0.1) is 0 Å². The highest BCUT2D eigenvalue weighted by Gasteiger charge is 2.25. The number of rotatable bonds is 8. The lowest BCUT2D eigenvalue weighted by Crippen LogP contribution is -2.18. The SMILES string of the molecule is COC(=O)/C=C/OC[C@H]1CC[C@@H](CO/C=C/C(=O)OC)O1. The fourth-order valence-electron chi connectivity index (χ4n) is 1.69. The Balaban J connectivity index is 2.12. The highest BCUT2D eigenvalue weighted by molar-refractivity contribution is 5.81. The first-order valence-corrected chi connectivity index (χ1v) is 6.53. The van der Waals surface area contributed by atoms with Gasteiger partial charge in [0.05, 0.1) is 51.1 Å². The van der Waals surface area contributed by atoms with Gasteiger partial charge in [-0.25, -0.2) is 9.59 Å². The summed E-state index contributed by atoms with van der Waals surface area (Å²) in [7, 11) is 2.60. The van der Waals surface area contributed by atoms with Crippen LogP contribution < -0.4 is 0 Å². The maximum absolute atomic E-state index is 10.8. The molecule has 7 heteroatoms. The molecule has 0 amide bonds. The Kier molecular flexibility index (Phi) is 7.96. The number of carbonyl (C=O) groups excluding carboxylic acids is 2. The van der Waals surface area contributed by atoms with E-state index in [0.29, 0.717) is 13.2 Å². The average Bonchev–Trinajstić information content (AvgIpc) is 2.95. The summed E-state index contributed by atoms with van der Waals surface area (Å²) < 4.78 is 24.9. The molecule has 0 N–H and O–H groups in total. The number of methoxy groups -OCH3 is 2. The van der Waals surface area contributed by atoms with E-state index in [2.05, 4.69) is 9.47 Å². The second-order valence-electron chi connectivity index (χ2n) is 4.28. The first kappa shape index (κ1) is 17.0. The second-order valence-corrected chi connectivity index (χ2v) is 4.28. The van der Waals surface area contributed by atoms with Crippen molar-refractivity contribution in [3.05, 3.63) is 24.7 Å². The van der Waals surface area contributed by atoms with Gasteiger partial charge in [-0.2, -0.15) is 0 Å². The Morgan fingerprint density at radius 2 is 1.38 bits per heavy atom. The van der Waals surface area contributed by atoms with Crippen molar-refractivity contribution in [1.29, 1.82) is 0 Å². The molecule has 0 aromatic heterocycles. The van der Waals surface area contributed by atoms with Crippen LogP contribution in [0, 0.1) is 0 Å². The summed E-state index contributed by atoms with van der Waals surface area (Å²) in [6, 6.07) is 0. The van der Waals surface area contributed by atoms with E-state index in [1.165, 1.54) is 38.9 Å². The van der Waals surface area contributed by atoms with Gasteiger partial charge in [0.25, 0.3) is 0 Å². The van der Waals surface area contributed by atoms with Crippen LogP contribution in [-0.2, 0) is 33.3 Å². The lowest BCUT2D eigenvalue weighted by atomic mass is 10.2. The van der Waals surface area contributed by atoms with Crippen LogP contribution in [-0.4, -0.2) is 51.6 Å². The molecule has 21 heavy (non-hydrogen) atoms. The van der Waals surface area contributed by atoms with Crippen molar-refractivity contribution in [2.75, 3.05) is 27.4 Å². The van der Waals surface area contributed by atoms with Crippen molar-refractivity contribution in [3.63, 3.8) is 0 Å². The van der Waals surface area contributed by atoms with Crippen molar-refractivity contribution in [1.82, 2.24) is 0 Å². The highest BCUT2D eigenvalue weighted by Crippen LogP contribution is 2.20. The van der Waals surface area contributed by atoms with Crippen molar-refractivity contribution in [2.45, 2.75) is 25.0 Å². The molecule has 0 aliphatic carbocycles. The molecule has 1 aliphatic rings. The minimum atomic E-state index is -0.467. The molecule has 0 spiro atoms. The van der Waals surface area contributed by atoms with Crippen LogP contribution in [0.5, 0.6) is 0 Å². The van der Waals surface area contributed by atoms with Gasteiger partial charge in [-0.1, -0.05) is 0 Å². The fraction of sp³-hybridized carbons (Fsp3) is 0.571. The minimum absolute atomic E-state index is 0.0366. The van der Waals surface area contributed by atoms with E-state index in [9.17, 15) is 9.59 Å². The molecule has 1 rings (SSSR count). The summed E-state index contributed by atoms with van der Waals surface area (Å²) in [6.45, 7) is 0.726.